The van der Waals surface area contributed by atoms with E-state index >= 15 is 0 Å². The molecule has 1 aromatic rings. The number of carbonyl (C=O) groups is 1. The molecule has 0 aliphatic rings. The van der Waals surface area contributed by atoms with Crippen molar-refractivity contribution in [3.8, 4) is 11.5 Å². The van der Waals surface area contributed by atoms with Gasteiger partial charge in [0.25, 0.3) is 0 Å². The second-order valence-electron chi connectivity index (χ2n) is 5.21. The van der Waals surface area contributed by atoms with Crippen LogP contribution in [0.1, 0.15) is 26.3 Å². The third-order valence-electron chi connectivity index (χ3n) is 2.98. The normalized spacial score (nSPS) is 12.2. The van der Waals surface area contributed by atoms with Crippen LogP contribution >= 0.6 is 0 Å². The molecule has 3 N–H and O–H groups in total. The highest BCUT2D eigenvalue weighted by Gasteiger charge is 2.14. The smallest absolute Gasteiger partial charge is 0.236 e. The molecule has 1 aromatic carbocycles. The van der Waals surface area contributed by atoms with E-state index in [2.05, 4.69) is 10.6 Å². The van der Waals surface area contributed by atoms with Gasteiger partial charge >= 0.3 is 0 Å². The summed E-state index contributed by atoms with van der Waals surface area (Å²) < 4.78 is 5.05. The van der Waals surface area contributed by atoms with E-state index in [1.807, 2.05) is 13.8 Å². The molecule has 1 atom stereocenters. The number of methoxy groups -OCH3 is 1. The molecule has 0 aliphatic heterocycles. The first kappa shape index (κ1) is 16.3. The number of hydrogen-bond donors (Lipinski definition) is 3. The first-order chi connectivity index (χ1) is 9.45. The Kier molecular flexibility index (Phi) is 6.31. The van der Waals surface area contributed by atoms with Crippen LogP contribution < -0.4 is 15.4 Å². The second kappa shape index (κ2) is 7.75. The number of phenols is 1. The van der Waals surface area contributed by atoms with Crippen LogP contribution in [0.15, 0.2) is 18.2 Å². The molecule has 112 valence electrons. The molecule has 0 fully saturated rings. The van der Waals surface area contributed by atoms with Crippen LogP contribution in [-0.2, 0) is 11.3 Å². The van der Waals surface area contributed by atoms with Crippen molar-refractivity contribution in [1.29, 1.82) is 0 Å². The maximum absolute atomic E-state index is 11.8. The molecular weight excluding hydrogens is 256 g/mol. The SMILES string of the molecule is COc1cccc(CNC(C)C(=O)NCC(C)C)c1O. The Morgan fingerprint density at radius 1 is 1.35 bits per heavy atom. The summed E-state index contributed by atoms with van der Waals surface area (Å²) in [5.41, 5.74) is 0.702. The highest BCUT2D eigenvalue weighted by atomic mass is 16.5. The number of carbonyl (C=O) groups excluding carboxylic acids is 1. The van der Waals surface area contributed by atoms with Gasteiger partial charge in [-0.05, 0) is 18.9 Å². The van der Waals surface area contributed by atoms with Crippen LogP contribution in [0.5, 0.6) is 11.5 Å². The summed E-state index contributed by atoms with van der Waals surface area (Å²) in [6, 6.07) is 4.97. The minimum atomic E-state index is -0.320. The van der Waals surface area contributed by atoms with Crippen molar-refractivity contribution < 1.29 is 14.6 Å². The lowest BCUT2D eigenvalue weighted by Crippen LogP contribution is -2.42. The van der Waals surface area contributed by atoms with Gasteiger partial charge in [-0.3, -0.25) is 4.79 Å². The second-order valence-corrected chi connectivity index (χ2v) is 5.21. The number of phenolic OH excluding ortho intramolecular Hbond substituents is 1. The number of amides is 1. The van der Waals surface area contributed by atoms with Crippen molar-refractivity contribution in [2.45, 2.75) is 33.4 Å². The van der Waals surface area contributed by atoms with E-state index in [4.69, 9.17) is 4.74 Å². The predicted molar refractivity (Wildman–Crippen MR) is 78.8 cm³/mol. The van der Waals surface area contributed by atoms with Crippen molar-refractivity contribution in [1.82, 2.24) is 10.6 Å². The molecule has 0 bridgehead atoms. The van der Waals surface area contributed by atoms with Crippen LogP contribution in [0, 0.1) is 5.92 Å². The number of nitrogens with one attached hydrogen (secondary N) is 2. The molecule has 0 saturated heterocycles. The lowest BCUT2D eigenvalue weighted by Gasteiger charge is -2.16. The third kappa shape index (κ3) is 4.74. The van der Waals surface area contributed by atoms with E-state index in [0.29, 0.717) is 30.3 Å². The third-order valence-corrected chi connectivity index (χ3v) is 2.98. The van der Waals surface area contributed by atoms with E-state index in [-0.39, 0.29) is 17.7 Å². The van der Waals surface area contributed by atoms with Gasteiger partial charge in [-0.1, -0.05) is 26.0 Å². The van der Waals surface area contributed by atoms with Gasteiger partial charge in [0.1, 0.15) is 0 Å². The number of hydrogen-bond acceptors (Lipinski definition) is 4. The lowest BCUT2D eigenvalue weighted by atomic mass is 10.1. The highest BCUT2D eigenvalue weighted by molar-refractivity contribution is 5.81. The summed E-state index contributed by atoms with van der Waals surface area (Å²) in [5.74, 6) is 0.924. The van der Waals surface area contributed by atoms with E-state index in [1.165, 1.54) is 7.11 Å². The number of rotatable bonds is 7. The Labute approximate surface area is 120 Å². The largest absolute Gasteiger partial charge is 0.504 e. The van der Waals surface area contributed by atoms with Gasteiger partial charge < -0.3 is 20.5 Å². The number of para-hydroxylation sites is 1. The van der Waals surface area contributed by atoms with Gasteiger partial charge in [-0.15, -0.1) is 0 Å². The molecule has 1 rings (SSSR count). The molecule has 0 saturated carbocycles. The molecule has 20 heavy (non-hydrogen) atoms. The van der Waals surface area contributed by atoms with Crippen molar-refractivity contribution in [3.63, 3.8) is 0 Å². The summed E-state index contributed by atoms with van der Waals surface area (Å²) in [6.07, 6.45) is 0. The maximum Gasteiger partial charge on any atom is 0.236 e. The van der Waals surface area contributed by atoms with Crippen molar-refractivity contribution in [2.75, 3.05) is 13.7 Å². The topological polar surface area (TPSA) is 70.6 Å². The Balaban J connectivity index is 2.52. The van der Waals surface area contributed by atoms with E-state index in [9.17, 15) is 9.90 Å². The fraction of sp³-hybridized carbons (Fsp3) is 0.533. The highest BCUT2D eigenvalue weighted by Crippen LogP contribution is 2.29. The Hall–Kier alpha value is -1.75. The molecule has 0 spiro atoms. The predicted octanol–water partition coefficient (Wildman–Crippen LogP) is 1.65. The van der Waals surface area contributed by atoms with Crippen LogP contribution in [0.4, 0.5) is 0 Å². The minimum absolute atomic E-state index is 0.0407. The van der Waals surface area contributed by atoms with Gasteiger partial charge in [0, 0.05) is 18.7 Å². The molecule has 0 aliphatic carbocycles. The summed E-state index contributed by atoms with van der Waals surface area (Å²) >= 11 is 0. The Morgan fingerprint density at radius 2 is 2.05 bits per heavy atom. The summed E-state index contributed by atoms with van der Waals surface area (Å²) in [7, 11) is 1.51. The molecule has 1 amide bonds. The molecule has 0 aromatic heterocycles. The maximum atomic E-state index is 11.8. The quantitative estimate of drug-likeness (QED) is 0.710. The monoisotopic (exact) mass is 280 g/mol. The number of benzene rings is 1. The van der Waals surface area contributed by atoms with E-state index < -0.39 is 0 Å². The summed E-state index contributed by atoms with van der Waals surface area (Å²) in [6.45, 7) is 6.96. The molecule has 0 radical (unpaired) electrons. The van der Waals surface area contributed by atoms with Crippen molar-refractivity contribution in [3.05, 3.63) is 23.8 Å². The Bertz CT molecular complexity index is 447. The zero-order chi connectivity index (χ0) is 15.1. The number of ether oxygens (including phenoxy) is 1. The van der Waals surface area contributed by atoms with Gasteiger partial charge in [0.15, 0.2) is 11.5 Å². The van der Waals surface area contributed by atoms with Gasteiger partial charge in [0.05, 0.1) is 13.2 Å². The van der Waals surface area contributed by atoms with Crippen LogP contribution in [0.3, 0.4) is 0 Å². The molecule has 5 heteroatoms. The molecule has 0 heterocycles. The minimum Gasteiger partial charge on any atom is -0.504 e. The van der Waals surface area contributed by atoms with Crippen molar-refractivity contribution >= 4 is 5.91 Å². The first-order valence-corrected chi connectivity index (χ1v) is 6.81. The van der Waals surface area contributed by atoms with Crippen molar-refractivity contribution in [2.24, 2.45) is 5.92 Å². The average Bonchev–Trinajstić information content (AvgIpc) is 2.43. The number of aromatic hydroxyl groups is 1. The average molecular weight is 280 g/mol. The first-order valence-electron chi connectivity index (χ1n) is 6.81. The zero-order valence-corrected chi connectivity index (χ0v) is 12.6. The van der Waals surface area contributed by atoms with Crippen LogP contribution in [0.25, 0.3) is 0 Å². The van der Waals surface area contributed by atoms with Crippen LogP contribution in [0.2, 0.25) is 0 Å². The fourth-order valence-electron chi connectivity index (χ4n) is 1.69. The van der Waals surface area contributed by atoms with E-state index in [1.54, 1.807) is 25.1 Å². The zero-order valence-electron chi connectivity index (χ0n) is 12.6. The molecule has 1 unspecified atom stereocenters. The molecular formula is C15H24N2O3. The van der Waals surface area contributed by atoms with Gasteiger partial charge in [0.2, 0.25) is 5.91 Å². The van der Waals surface area contributed by atoms with Gasteiger partial charge in [-0.25, -0.2) is 0 Å². The summed E-state index contributed by atoms with van der Waals surface area (Å²) in [4.78, 5) is 11.8. The van der Waals surface area contributed by atoms with Gasteiger partial charge in [-0.2, -0.15) is 0 Å². The fourth-order valence-corrected chi connectivity index (χ4v) is 1.69. The summed E-state index contributed by atoms with van der Waals surface area (Å²) in [5, 5.41) is 15.9. The Morgan fingerprint density at radius 3 is 2.65 bits per heavy atom. The van der Waals surface area contributed by atoms with Crippen LogP contribution in [-0.4, -0.2) is 30.7 Å². The lowest BCUT2D eigenvalue weighted by molar-refractivity contribution is -0.122. The standard InChI is InChI=1S/C15H24N2O3/c1-10(2)8-17-15(19)11(3)16-9-12-6-5-7-13(20-4)14(12)18/h5-7,10-11,16,18H,8-9H2,1-4H3,(H,17,19). The van der Waals surface area contributed by atoms with E-state index in [0.717, 1.165) is 0 Å². The molecule has 5 nitrogen and oxygen atoms in total.